The molecule has 0 radical (unpaired) electrons. The van der Waals surface area contributed by atoms with E-state index < -0.39 is 18.0 Å². The van der Waals surface area contributed by atoms with Gasteiger partial charge in [0, 0.05) is 11.3 Å². The molecule has 2 aromatic rings. The van der Waals surface area contributed by atoms with E-state index in [9.17, 15) is 14.9 Å². The molecule has 0 aliphatic rings. The van der Waals surface area contributed by atoms with E-state index in [1.165, 1.54) is 27.2 Å². The number of aliphatic carboxylic acids is 1. The molecule has 0 aliphatic carbocycles. The van der Waals surface area contributed by atoms with E-state index >= 15 is 0 Å². The third-order valence-electron chi connectivity index (χ3n) is 3.88. The molecular formula is C21H20N2O6. The zero-order valence-electron chi connectivity index (χ0n) is 16.1. The molecule has 29 heavy (non-hydrogen) atoms. The topological polar surface area (TPSA) is 118 Å². The average molecular weight is 396 g/mol. The Morgan fingerprint density at radius 2 is 1.83 bits per heavy atom. The first-order valence-electron chi connectivity index (χ1n) is 8.53. The third kappa shape index (κ3) is 5.49. The lowest BCUT2D eigenvalue weighted by molar-refractivity contribution is -0.144. The standard InChI is InChI=1S/C21H20N2O6/c1-13(21(25)26)29-19-14(5-4-6-18(19)28-3)11-15(12-22)20(24)23-16-7-9-17(27-2)10-8-16/h4-11,13H,1-3H3,(H,23,24)(H,25,26)/b15-11-/t13-/m1/s1. The molecule has 2 rings (SSSR count). The number of nitrogens with zero attached hydrogens (tertiary/aromatic N) is 1. The van der Waals surface area contributed by atoms with Gasteiger partial charge in [0.05, 0.1) is 14.2 Å². The largest absolute Gasteiger partial charge is 0.497 e. The number of carbonyl (C=O) groups excluding carboxylic acids is 1. The van der Waals surface area contributed by atoms with E-state index in [1.807, 2.05) is 6.07 Å². The Morgan fingerprint density at radius 3 is 2.38 bits per heavy atom. The number of para-hydroxylation sites is 1. The zero-order valence-corrected chi connectivity index (χ0v) is 16.1. The number of rotatable bonds is 8. The van der Waals surface area contributed by atoms with Gasteiger partial charge in [-0.1, -0.05) is 12.1 Å². The first-order valence-corrected chi connectivity index (χ1v) is 8.53. The summed E-state index contributed by atoms with van der Waals surface area (Å²) in [4.78, 5) is 23.6. The molecule has 0 bridgehead atoms. The monoisotopic (exact) mass is 396 g/mol. The molecule has 0 aromatic heterocycles. The van der Waals surface area contributed by atoms with E-state index in [1.54, 1.807) is 42.5 Å². The van der Waals surface area contributed by atoms with Crippen molar-refractivity contribution < 1.29 is 28.9 Å². The van der Waals surface area contributed by atoms with Crippen LogP contribution in [0, 0.1) is 11.3 Å². The Kier molecular flexibility index (Phi) is 7.20. The Morgan fingerprint density at radius 1 is 1.14 bits per heavy atom. The molecule has 0 spiro atoms. The number of hydrogen-bond donors (Lipinski definition) is 2. The number of methoxy groups -OCH3 is 2. The van der Waals surface area contributed by atoms with E-state index in [-0.39, 0.29) is 17.1 Å². The minimum Gasteiger partial charge on any atom is -0.497 e. The second-order valence-corrected chi connectivity index (χ2v) is 5.83. The average Bonchev–Trinajstić information content (AvgIpc) is 2.73. The number of hydrogen-bond acceptors (Lipinski definition) is 6. The van der Waals surface area contributed by atoms with Crippen LogP contribution in [0.3, 0.4) is 0 Å². The molecule has 0 aliphatic heterocycles. The van der Waals surface area contributed by atoms with Gasteiger partial charge in [0.2, 0.25) is 0 Å². The number of carboxylic acids is 1. The maximum atomic E-state index is 12.5. The fourth-order valence-electron chi connectivity index (χ4n) is 2.34. The van der Waals surface area contributed by atoms with Gasteiger partial charge in [-0.05, 0) is 43.3 Å². The third-order valence-corrected chi connectivity index (χ3v) is 3.88. The van der Waals surface area contributed by atoms with Crippen molar-refractivity contribution in [3.63, 3.8) is 0 Å². The predicted molar refractivity (Wildman–Crippen MR) is 106 cm³/mol. The molecule has 1 amide bonds. The van der Waals surface area contributed by atoms with E-state index in [2.05, 4.69) is 5.32 Å². The van der Waals surface area contributed by atoms with Gasteiger partial charge < -0.3 is 24.6 Å². The lowest BCUT2D eigenvalue weighted by Crippen LogP contribution is -2.23. The SMILES string of the molecule is COc1ccc(NC(=O)/C(C#N)=C\c2cccc(OC)c2O[C@H](C)C(=O)O)cc1. The van der Waals surface area contributed by atoms with Crippen molar-refractivity contribution in [1.29, 1.82) is 5.26 Å². The summed E-state index contributed by atoms with van der Waals surface area (Å²) in [5.74, 6) is -0.763. The van der Waals surface area contributed by atoms with Crippen LogP contribution in [-0.2, 0) is 9.59 Å². The first kappa shape index (κ1) is 21.3. The Balaban J connectivity index is 2.34. The van der Waals surface area contributed by atoms with Gasteiger partial charge in [-0.2, -0.15) is 5.26 Å². The molecule has 2 aromatic carbocycles. The van der Waals surface area contributed by atoms with Crippen molar-refractivity contribution in [3.05, 3.63) is 53.6 Å². The van der Waals surface area contributed by atoms with Crippen LogP contribution in [0.5, 0.6) is 17.2 Å². The van der Waals surface area contributed by atoms with Crippen LogP contribution >= 0.6 is 0 Å². The van der Waals surface area contributed by atoms with Crippen LogP contribution in [0.25, 0.3) is 6.08 Å². The molecule has 2 N–H and O–H groups in total. The fourth-order valence-corrected chi connectivity index (χ4v) is 2.34. The molecule has 0 unspecified atom stereocenters. The van der Waals surface area contributed by atoms with Gasteiger partial charge in [-0.3, -0.25) is 4.79 Å². The summed E-state index contributed by atoms with van der Waals surface area (Å²) in [5.41, 5.74) is 0.624. The van der Waals surface area contributed by atoms with Crippen molar-refractivity contribution in [2.24, 2.45) is 0 Å². The smallest absolute Gasteiger partial charge is 0.344 e. The molecule has 150 valence electrons. The van der Waals surface area contributed by atoms with Crippen LogP contribution in [-0.4, -0.2) is 37.3 Å². The quantitative estimate of drug-likeness (QED) is 0.520. The second kappa shape index (κ2) is 9.80. The Hall–Kier alpha value is -3.99. The van der Waals surface area contributed by atoms with Crippen LogP contribution in [0.15, 0.2) is 48.0 Å². The van der Waals surface area contributed by atoms with Gasteiger partial charge in [0.15, 0.2) is 17.6 Å². The highest BCUT2D eigenvalue weighted by Gasteiger charge is 2.19. The highest BCUT2D eigenvalue weighted by atomic mass is 16.5. The van der Waals surface area contributed by atoms with Crippen molar-refractivity contribution in [1.82, 2.24) is 0 Å². The number of nitrogens with one attached hydrogen (secondary N) is 1. The van der Waals surface area contributed by atoms with Crippen LogP contribution in [0.2, 0.25) is 0 Å². The number of benzene rings is 2. The van der Waals surface area contributed by atoms with Crippen LogP contribution in [0.4, 0.5) is 5.69 Å². The lowest BCUT2D eigenvalue weighted by Gasteiger charge is -2.16. The molecule has 0 saturated carbocycles. The zero-order chi connectivity index (χ0) is 21.4. The van der Waals surface area contributed by atoms with Gasteiger partial charge in [-0.15, -0.1) is 0 Å². The maximum absolute atomic E-state index is 12.5. The van der Waals surface area contributed by atoms with Crippen molar-refractivity contribution >= 4 is 23.6 Å². The molecular weight excluding hydrogens is 376 g/mol. The minimum atomic E-state index is -1.16. The fraction of sp³-hybridized carbons (Fsp3) is 0.190. The van der Waals surface area contributed by atoms with Gasteiger partial charge in [-0.25, -0.2) is 4.79 Å². The summed E-state index contributed by atoms with van der Waals surface area (Å²) in [6.45, 7) is 1.36. The number of nitriles is 1. The summed E-state index contributed by atoms with van der Waals surface area (Å²) in [6, 6.07) is 13.3. The Bertz CT molecular complexity index is 960. The number of amides is 1. The molecule has 8 nitrogen and oxygen atoms in total. The number of anilines is 1. The summed E-state index contributed by atoms with van der Waals surface area (Å²) in [7, 11) is 2.94. The molecule has 1 atom stereocenters. The molecule has 0 saturated heterocycles. The van der Waals surface area contributed by atoms with Crippen LogP contribution in [0.1, 0.15) is 12.5 Å². The van der Waals surface area contributed by atoms with Gasteiger partial charge in [0.25, 0.3) is 5.91 Å². The summed E-state index contributed by atoms with van der Waals surface area (Å²) < 4.78 is 15.8. The highest BCUT2D eigenvalue weighted by Crippen LogP contribution is 2.33. The number of ether oxygens (including phenoxy) is 3. The van der Waals surface area contributed by atoms with E-state index in [0.717, 1.165) is 0 Å². The van der Waals surface area contributed by atoms with Gasteiger partial charge in [0.1, 0.15) is 17.4 Å². The number of carbonyl (C=O) groups is 2. The lowest BCUT2D eigenvalue weighted by atomic mass is 10.1. The van der Waals surface area contributed by atoms with Crippen LogP contribution < -0.4 is 19.5 Å². The first-order chi connectivity index (χ1) is 13.9. The molecule has 0 fully saturated rings. The minimum absolute atomic E-state index is 0.120. The van der Waals surface area contributed by atoms with E-state index in [4.69, 9.17) is 19.3 Å². The summed E-state index contributed by atoms with van der Waals surface area (Å²) in [5, 5.41) is 21.2. The summed E-state index contributed by atoms with van der Waals surface area (Å²) in [6.07, 6.45) is 0.155. The van der Waals surface area contributed by atoms with Gasteiger partial charge >= 0.3 is 5.97 Å². The Labute approximate surface area is 167 Å². The van der Waals surface area contributed by atoms with Crippen molar-refractivity contribution in [2.45, 2.75) is 13.0 Å². The second-order valence-electron chi connectivity index (χ2n) is 5.83. The maximum Gasteiger partial charge on any atom is 0.344 e. The van der Waals surface area contributed by atoms with E-state index in [0.29, 0.717) is 17.0 Å². The summed E-state index contributed by atoms with van der Waals surface area (Å²) >= 11 is 0. The predicted octanol–water partition coefficient (Wildman–Crippen LogP) is 3.10. The number of carboxylic acid groups (broad SMARTS) is 1. The normalized spacial score (nSPS) is 11.7. The molecule has 8 heteroatoms. The molecule has 0 heterocycles. The van der Waals surface area contributed by atoms with Crippen molar-refractivity contribution in [3.8, 4) is 23.3 Å². The highest BCUT2D eigenvalue weighted by molar-refractivity contribution is 6.09. The van der Waals surface area contributed by atoms with Crippen molar-refractivity contribution in [2.75, 3.05) is 19.5 Å².